The van der Waals surface area contributed by atoms with Crippen LogP contribution >= 0.6 is 11.8 Å². The van der Waals surface area contributed by atoms with Crippen LogP contribution < -0.4 is 0 Å². The molecule has 2 N–H and O–H groups in total. The van der Waals surface area contributed by atoms with E-state index < -0.39 is 12.1 Å². The van der Waals surface area contributed by atoms with E-state index in [1.54, 1.807) is 12.4 Å². The first-order valence-electron chi connectivity index (χ1n) is 4.09. The highest BCUT2D eigenvalue weighted by Crippen LogP contribution is 2.16. The van der Waals surface area contributed by atoms with Crippen LogP contribution in [-0.2, 0) is 11.8 Å². The minimum Gasteiger partial charge on any atom is -0.481 e. The number of aryl methyl sites for hydroxylation is 1. The lowest BCUT2D eigenvalue weighted by Crippen LogP contribution is -2.15. The van der Waals surface area contributed by atoms with Crippen LogP contribution in [-0.4, -0.2) is 37.6 Å². The summed E-state index contributed by atoms with van der Waals surface area (Å²) in [4.78, 5) is 14.3. The SMILES string of the molecule is Cn1ccnc1SCC(O)CC(=O)O. The van der Waals surface area contributed by atoms with Gasteiger partial charge in [0.1, 0.15) is 0 Å². The van der Waals surface area contributed by atoms with Crippen molar-refractivity contribution >= 4 is 17.7 Å². The normalized spacial score (nSPS) is 12.7. The molecule has 0 aromatic carbocycles. The summed E-state index contributed by atoms with van der Waals surface area (Å²) in [5.74, 6) is -0.644. The molecule has 0 radical (unpaired) electrons. The van der Waals surface area contributed by atoms with Crippen molar-refractivity contribution < 1.29 is 15.0 Å². The van der Waals surface area contributed by atoms with Crippen molar-refractivity contribution in [2.45, 2.75) is 17.7 Å². The molecule has 6 heteroatoms. The number of aliphatic hydroxyl groups is 1. The van der Waals surface area contributed by atoms with Gasteiger partial charge in [0.25, 0.3) is 0 Å². The smallest absolute Gasteiger partial charge is 0.306 e. The third-order valence-corrected chi connectivity index (χ3v) is 2.80. The Labute approximate surface area is 85.8 Å². The third-order valence-electron chi connectivity index (χ3n) is 1.59. The van der Waals surface area contributed by atoms with Gasteiger partial charge in [-0.05, 0) is 0 Å². The molecule has 1 rings (SSSR count). The molecule has 1 atom stereocenters. The highest BCUT2D eigenvalue weighted by atomic mass is 32.2. The van der Waals surface area contributed by atoms with Crippen molar-refractivity contribution in [3.8, 4) is 0 Å². The number of imidazole rings is 1. The Balaban J connectivity index is 2.34. The van der Waals surface area contributed by atoms with Gasteiger partial charge in [-0.2, -0.15) is 0 Å². The maximum Gasteiger partial charge on any atom is 0.306 e. The van der Waals surface area contributed by atoms with Crippen LogP contribution in [0.2, 0.25) is 0 Å². The van der Waals surface area contributed by atoms with E-state index in [0.29, 0.717) is 5.75 Å². The molecular formula is C8H12N2O3S. The zero-order chi connectivity index (χ0) is 10.6. The minimum absolute atomic E-state index is 0.225. The van der Waals surface area contributed by atoms with Crippen molar-refractivity contribution in [1.29, 1.82) is 0 Å². The van der Waals surface area contributed by atoms with Gasteiger partial charge in [0, 0.05) is 25.2 Å². The second-order valence-corrected chi connectivity index (χ2v) is 3.87. The largest absolute Gasteiger partial charge is 0.481 e. The van der Waals surface area contributed by atoms with E-state index in [-0.39, 0.29) is 6.42 Å². The molecule has 0 saturated carbocycles. The molecular weight excluding hydrogens is 204 g/mol. The second kappa shape index (κ2) is 5.02. The van der Waals surface area contributed by atoms with Crippen molar-refractivity contribution in [3.63, 3.8) is 0 Å². The van der Waals surface area contributed by atoms with Gasteiger partial charge < -0.3 is 14.8 Å². The Kier molecular flexibility index (Phi) is 3.97. The molecule has 0 aliphatic rings. The van der Waals surface area contributed by atoms with Crippen molar-refractivity contribution in [1.82, 2.24) is 9.55 Å². The van der Waals surface area contributed by atoms with E-state index in [1.807, 2.05) is 11.6 Å². The van der Waals surface area contributed by atoms with E-state index in [2.05, 4.69) is 4.98 Å². The summed E-state index contributed by atoms with van der Waals surface area (Å²) in [5, 5.41) is 18.4. The highest BCUT2D eigenvalue weighted by Gasteiger charge is 2.11. The van der Waals surface area contributed by atoms with E-state index in [0.717, 1.165) is 5.16 Å². The van der Waals surface area contributed by atoms with Crippen LogP contribution in [0, 0.1) is 0 Å². The monoisotopic (exact) mass is 216 g/mol. The van der Waals surface area contributed by atoms with E-state index in [4.69, 9.17) is 5.11 Å². The third kappa shape index (κ3) is 3.39. The summed E-state index contributed by atoms with van der Waals surface area (Å²) in [6, 6.07) is 0. The molecule has 0 aliphatic heterocycles. The summed E-state index contributed by atoms with van der Waals surface area (Å²) in [6.07, 6.45) is 2.41. The lowest BCUT2D eigenvalue weighted by Gasteiger charge is -2.06. The van der Waals surface area contributed by atoms with Gasteiger partial charge >= 0.3 is 5.97 Å². The summed E-state index contributed by atoms with van der Waals surface area (Å²) in [6.45, 7) is 0. The Morgan fingerprint density at radius 1 is 1.79 bits per heavy atom. The fraction of sp³-hybridized carbons (Fsp3) is 0.500. The number of thioether (sulfide) groups is 1. The molecule has 1 unspecified atom stereocenters. The number of carbonyl (C=O) groups is 1. The highest BCUT2D eigenvalue weighted by molar-refractivity contribution is 7.99. The average Bonchev–Trinajstić information content (AvgIpc) is 2.46. The molecule has 14 heavy (non-hydrogen) atoms. The zero-order valence-corrected chi connectivity index (χ0v) is 8.57. The molecule has 78 valence electrons. The van der Waals surface area contributed by atoms with Gasteiger partial charge in [0.2, 0.25) is 0 Å². The van der Waals surface area contributed by atoms with Crippen LogP contribution in [0.1, 0.15) is 6.42 Å². The van der Waals surface area contributed by atoms with Gasteiger partial charge in [-0.25, -0.2) is 4.98 Å². The van der Waals surface area contributed by atoms with Crippen LogP contribution in [0.5, 0.6) is 0 Å². The molecule has 0 aliphatic carbocycles. The number of hydrogen-bond donors (Lipinski definition) is 2. The van der Waals surface area contributed by atoms with E-state index in [9.17, 15) is 9.90 Å². The molecule has 1 heterocycles. The van der Waals surface area contributed by atoms with Crippen molar-refractivity contribution in [2.24, 2.45) is 7.05 Å². The van der Waals surface area contributed by atoms with Crippen LogP contribution in [0.15, 0.2) is 17.6 Å². The summed E-state index contributed by atoms with van der Waals surface area (Å²) in [7, 11) is 1.85. The molecule has 0 fully saturated rings. The Bertz CT molecular complexity index is 313. The molecule has 1 aromatic rings. The number of nitrogens with zero attached hydrogens (tertiary/aromatic N) is 2. The molecule has 1 aromatic heterocycles. The van der Waals surface area contributed by atoms with Crippen LogP contribution in [0.4, 0.5) is 0 Å². The number of aliphatic hydroxyl groups excluding tert-OH is 1. The maximum atomic E-state index is 10.2. The first kappa shape index (κ1) is 11.1. The van der Waals surface area contributed by atoms with Gasteiger partial charge in [-0.15, -0.1) is 0 Å². The van der Waals surface area contributed by atoms with Crippen molar-refractivity contribution in [2.75, 3.05) is 5.75 Å². The number of carboxylic acid groups (broad SMARTS) is 1. The Hall–Kier alpha value is -1.01. The number of carboxylic acids is 1. The topological polar surface area (TPSA) is 75.3 Å². The van der Waals surface area contributed by atoms with E-state index in [1.165, 1.54) is 11.8 Å². The fourth-order valence-electron chi connectivity index (χ4n) is 0.922. The first-order chi connectivity index (χ1) is 6.59. The Morgan fingerprint density at radius 3 is 3.00 bits per heavy atom. The quantitative estimate of drug-likeness (QED) is 0.694. The molecule has 0 saturated heterocycles. The van der Waals surface area contributed by atoms with E-state index >= 15 is 0 Å². The number of aromatic nitrogens is 2. The predicted molar refractivity (Wildman–Crippen MR) is 52.2 cm³/mol. The number of hydrogen-bond acceptors (Lipinski definition) is 4. The van der Waals surface area contributed by atoms with Gasteiger partial charge in [0.15, 0.2) is 5.16 Å². The summed E-state index contributed by atoms with van der Waals surface area (Å²) >= 11 is 1.34. The lowest BCUT2D eigenvalue weighted by molar-refractivity contribution is -0.138. The molecule has 5 nitrogen and oxygen atoms in total. The molecule has 0 bridgehead atoms. The van der Waals surface area contributed by atoms with Gasteiger partial charge in [-0.3, -0.25) is 4.79 Å². The standard InChI is InChI=1S/C8H12N2O3S/c1-10-3-2-9-8(10)14-5-6(11)4-7(12)13/h2-3,6,11H,4-5H2,1H3,(H,12,13). The first-order valence-corrected chi connectivity index (χ1v) is 5.08. The lowest BCUT2D eigenvalue weighted by atomic mass is 10.3. The number of rotatable bonds is 5. The maximum absolute atomic E-state index is 10.2. The Morgan fingerprint density at radius 2 is 2.50 bits per heavy atom. The molecule has 0 spiro atoms. The van der Waals surface area contributed by atoms with Gasteiger partial charge in [0.05, 0.1) is 12.5 Å². The minimum atomic E-state index is -0.988. The number of aliphatic carboxylic acids is 1. The average molecular weight is 216 g/mol. The predicted octanol–water partition coefficient (Wildman–Crippen LogP) is 0.348. The summed E-state index contributed by atoms with van der Waals surface area (Å²) < 4.78 is 1.82. The zero-order valence-electron chi connectivity index (χ0n) is 7.75. The second-order valence-electron chi connectivity index (χ2n) is 2.88. The van der Waals surface area contributed by atoms with Crippen molar-refractivity contribution in [3.05, 3.63) is 12.4 Å². The molecule has 0 amide bonds. The van der Waals surface area contributed by atoms with Crippen LogP contribution in [0.25, 0.3) is 0 Å². The summed E-state index contributed by atoms with van der Waals surface area (Å²) in [5.41, 5.74) is 0. The fourth-order valence-corrected chi connectivity index (χ4v) is 1.78. The van der Waals surface area contributed by atoms with Gasteiger partial charge in [-0.1, -0.05) is 11.8 Å². The van der Waals surface area contributed by atoms with Crippen LogP contribution in [0.3, 0.4) is 0 Å².